The quantitative estimate of drug-likeness (QED) is 0.812. The molecule has 1 atom stereocenters. The van der Waals surface area contributed by atoms with Gasteiger partial charge in [0.2, 0.25) is 5.91 Å². The van der Waals surface area contributed by atoms with Crippen LogP contribution in [0.25, 0.3) is 0 Å². The van der Waals surface area contributed by atoms with Crippen molar-refractivity contribution >= 4 is 33.4 Å². The zero-order valence-electron chi connectivity index (χ0n) is 11.9. The maximum absolute atomic E-state index is 12.1. The monoisotopic (exact) mass is 356 g/mol. The fourth-order valence-corrected chi connectivity index (χ4v) is 2.60. The zero-order chi connectivity index (χ0) is 15.6. The van der Waals surface area contributed by atoms with Gasteiger partial charge in [0, 0.05) is 20.0 Å². The Labute approximate surface area is 130 Å². The van der Waals surface area contributed by atoms with Gasteiger partial charge >= 0.3 is 0 Å². The van der Waals surface area contributed by atoms with Crippen molar-refractivity contribution in [2.75, 3.05) is 12.4 Å². The summed E-state index contributed by atoms with van der Waals surface area (Å²) in [6.45, 7) is 2.50. The van der Waals surface area contributed by atoms with Gasteiger partial charge in [-0.05, 0) is 28.8 Å². The SMILES string of the molecule is CCCn1ncc(NC2CCC(=O)N(C)C2=O)c(Br)c1=O. The summed E-state index contributed by atoms with van der Waals surface area (Å²) in [5.41, 5.74) is 0.225. The summed E-state index contributed by atoms with van der Waals surface area (Å²) in [7, 11) is 1.46. The van der Waals surface area contributed by atoms with Gasteiger partial charge in [-0.25, -0.2) is 4.68 Å². The number of anilines is 1. The third-order valence-electron chi connectivity index (χ3n) is 3.40. The molecular formula is C13H17BrN4O3. The number of likely N-dealkylation sites (tertiary alicyclic amines) is 1. The van der Waals surface area contributed by atoms with Crippen LogP contribution in [0.5, 0.6) is 0 Å². The molecule has 1 N–H and O–H groups in total. The van der Waals surface area contributed by atoms with Crippen LogP contribution in [0.3, 0.4) is 0 Å². The topological polar surface area (TPSA) is 84.3 Å². The minimum atomic E-state index is -0.521. The number of nitrogens with zero attached hydrogens (tertiary/aromatic N) is 3. The third-order valence-corrected chi connectivity index (χ3v) is 4.17. The Morgan fingerprint density at radius 1 is 1.43 bits per heavy atom. The first kappa shape index (κ1) is 15.7. The Kier molecular flexibility index (Phi) is 4.76. The molecule has 0 spiro atoms. The maximum Gasteiger partial charge on any atom is 0.283 e. The van der Waals surface area contributed by atoms with E-state index in [0.717, 1.165) is 11.3 Å². The number of rotatable bonds is 4. The highest BCUT2D eigenvalue weighted by atomic mass is 79.9. The van der Waals surface area contributed by atoms with Gasteiger partial charge in [-0.2, -0.15) is 5.10 Å². The number of hydrogen-bond donors (Lipinski definition) is 1. The maximum atomic E-state index is 12.1. The fourth-order valence-electron chi connectivity index (χ4n) is 2.17. The number of carbonyl (C=O) groups excluding carboxylic acids is 2. The number of imide groups is 1. The summed E-state index contributed by atoms with van der Waals surface area (Å²) in [6, 6.07) is -0.521. The van der Waals surface area contributed by atoms with Crippen molar-refractivity contribution in [1.82, 2.24) is 14.7 Å². The third kappa shape index (κ3) is 3.15. The van der Waals surface area contributed by atoms with Crippen molar-refractivity contribution in [3.63, 3.8) is 0 Å². The first-order chi connectivity index (χ1) is 9.95. The van der Waals surface area contributed by atoms with E-state index in [9.17, 15) is 14.4 Å². The number of hydrogen-bond acceptors (Lipinski definition) is 5. The van der Waals surface area contributed by atoms with Crippen molar-refractivity contribution in [2.45, 2.75) is 38.8 Å². The van der Waals surface area contributed by atoms with E-state index < -0.39 is 6.04 Å². The molecule has 21 heavy (non-hydrogen) atoms. The summed E-state index contributed by atoms with van der Waals surface area (Å²) in [4.78, 5) is 36.7. The highest BCUT2D eigenvalue weighted by Crippen LogP contribution is 2.21. The van der Waals surface area contributed by atoms with E-state index >= 15 is 0 Å². The molecule has 2 rings (SSSR count). The molecule has 1 saturated heterocycles. The van der Waals surface area contributed by atoms with Crippen LogP contribution < -0.4 is 10.9 Å². The lowest BCUT2D eigenvalue weighted by atomic mass is 10.0. The summed E-state index contributed by atoms with van der Waals surface area (Å²) in [6.07, 6.45) is 3.04. The molecule has 1 fully saturated rings. The average Bonchev–Trinajstić information content (AvgIpc) is 2.47. The van der Waals surface area contributed by atoms with Crippen LogP contribution in [-0.4, -0.2) is 39.6 Å². The van der Waals surface area contributed by atoms with Crippen LogP contribution in [-0.2, 0) is 16.1 Å². The number of amides is 2. The van der Waals surface area contributed by atoms with E-state index in [2.05, 4.69) is 26.3 Å². The number of nitrogens with one attached hydrogen (secondary N) is 1. The fraction of sp³-hybridized carbons (Fsp3) is 0.538. The van der Waals surface area contributed by atoms with Crippen molar-refractivity contribution in [1.29, 1.82) is 0 Å². The molecule has 2 amide bonds. The first-order valence-electron chi connectivity index (χ1n) is 6.78. The number of aryl methyl sites for hydroxylation is 1. The van der Waals surface area contributed by atoms with E-state index in [1.165, 1.54) is 17.9 Å². The average molecular weight is 357 g/mol. The van der Waals surface area contributed by atoms with E-state index in [1.54, 1.807) is 0 Å². The molecule has 1 aromatic rings. The normalized spacial score (nSPS) is 19.0. The molecule has 2 heterocycles. The van der Waals surface area contributed by atoms with E-state index in [1.807, 2.05) is 6.92 Å². The second-order valence-electron chi connectivity index (χ2n) is 4.93. The summed E-state index contributed by atoms with van der Waals surface area (Å²) >= 11 is 3.25. The molecule has 0 bridgehead atoms. The number of piperidine rings is 1. The van der Waals surface area contributed by atoms with Crippen LogP contribution in [0.15, 0.2) is 15.5 Å². The first-order valence-corrected chi connectivity index (χ1v) is 7.57. The lowest BCUT2D eigenvalue weighted by Crippen LogP contribution is -2.48. The Balaban J connectivity index is 2.21. The number of aromatic nitrogens is 2. The largest absolute Gasteiger partial charge is 0.371 e. The van der Waals surface area contributed by atoms with Gasteiger partial charge in [-0.3, -0.25) is 19.3 Å². The van der Waals surface area contributed by atoms with Crippen molar-refractivity contribution in [3.8, 4) is 0 Å². The van der Waals surface area contributed by atoms with Gasteiger partial charge in [-0.1, -0.05) is 6.92 Å². The van der Waals surface area contributed by atoms with Gasteiger partial charge in [0.05, 0.1) is 11.9 Å². The summed E-state index contributed by atoms with van der Waals surface area (Å²) in [5, 5.41) is 7.07. The van der Waals surface area contributed by atoms with Gasteiger partial charge in [0.15, 0.2) is 0 Å². The van der Waals surface area contributed by atoms with Crippen LogP contribution in [0.2, 0.25) is 0 Å². The van der Waals surface area contributed by atoms with Crippen molar-refractivity contribution in [3.05, 3.63) is 21.0 Å². The van der Waals surface area contributed by atoms with Crippen molar-refractivity contribution in [2.24, 2.45) is 0 Å². The number of likely N-dealkylation sites (N-methyl/N-ethyl adjacent to an activating group) is 1. The van der Waals surface area contributed by atoms with Gasteiger partial charge in [0.1, 0.15) is 10.5 Å². The van der Waals surface area contributed by atoms with Gasteiger partial charge in [-0.15, -0.1) is 0 Å². The Morgan fingerprint density at radius 2 is 2.14 bits per heavy atom. The highest BCUT2D eigenvalue weighted by Gasteiger charge is 2.32. The van der Waals surface area contributed by atoms with Crippen LogP contribution in [0.1, 0.15) is 26.2 Å². The predicted molar refractivity (Wildman–Crippen MR) is 80.9 cm³/mol. The lowest BCUT2D eigenvalue weighted by Gasteiger charge is -2.28. The Bertz CT molecular complexity index is 628. The highest BCUT2D eigenvalue weighted by molar-refractivity contribution is 9.10. The van der Waals surface area contributed by atoms with Crippen LogP contribution >= 0.6 is 15.9 Å². The molecule has 1 aliphatic rings. The van der Waals surface area contributed by atoms with E-state index in [0.29, 0.717) is 29.5 Å². The standard InChI is InChI=1S/C13H17BrN4O3/c1-3-6-18-13(21)11(14)9(7-15-18)16-8-4-5-10(19)17(2)12(8)20/h7-8,16H,3-6H2,1-2H3. The molecule has 7 nitrogen and oxygen atoms in total. The molecule has 0 saturated carbocycles. The van der Waals surface area contributed by atoms with Gasteiger partial charge < -0.3 is 5.32 Å². The molecule has 8 heteroatoms. The minimum absolute atomic E-state index is 0.186. The second-order valence-corrected chi connectivity index (χ2v) is 5.72. The number of carbonyl (C=O) groups is 2. The molecule has 1 aliphatic heterocycles. The van der Waals surface area contributed by atoms with Crippen molar-refractivity contribution < 1.29 is 9.59 Å². The number of halogens is 1. The van der Waals surface area contributed by atoms with Crippen LogP contribution in [0.4, 0.5) is 5.69 Å². The Hall–Kier alpha value is -1.70. The van der Waals surface area contributed by atoms with E-state index in [-0.39, 0.29) is 17.4 Å². The summed E-state index contributed by atoms with van der Waals surface area (Å²) in [5.74, 6) is -0.482. The zero-order valence-corrected chi connectivity index (χ0v) is 13.5. The predicted octanol–water partition coefficient (Wildman–Crippen LogP) is 0.975. The summed E-state index contributed by atoms with van der Waals surface area (Å²) < 4.78 is 1.71. The molecule has 114 valence electrons. The molecular weight excluding hydrogens is 340 g/mol. The van der Waals surface area contributed by atoms with Gasteiger partial charge in [0.25, 0.3) is 11.5 Å². The molecule has 0 aliphatic carbocycles. The minimum Gasteiger partial charge on any atom is -0.371 e. The lowest BCUT2D eigenvalue weighted by molar-refractivity contribution is -0.146. The molecule has 1 aromatic heterocycles. The molecule has 0 radical (unpaired) electrons. The van der Waals surface area contributed by atoms with Crippen LogP contribution in [0, 0.1) is 0 Å². The Morgan fingerprint density at radius 3 is 2.81 bits per heavy atom. The molecule has 0 aromatic carbocycles. The van der Waals surface area contributed by atoms with E-state index in [4.69, 9.17) is 0 Å². The second kappa shape index (κ2) is 6.38. The smallest absolute Gasteiger partial charge is 0.283 e. The molecule has 1 unspecified atom stereocenters.